The minimum atomic E-state index is -0.382. The standard InChI is InChI=1S/C10H13NO2.C8H12O3S/c1-6(2)9(12)11-8-5-3-4-7(8)10(11)13;1-6(2)8(9)11-7-5-12-4-3-10-7/h7-8H,1,3-5H2,2H3;7H,1,3-5H2,2H3. The molecule has 3 aliphatic rings. The van der Waals surface area contributed by atoms with Crippen molar-refractivity contribution < 1.29 is 23.9 Å². The Balaban J connectivity index is 0.000000181. The molecule has 3 unspecified atom stereocenters. The molecule has 0 bridgehead atoms. The molecule has 2 saturated heterocycles. The monoisotopic (exact) mass is 367 g/mol. The highest BCUT2D eigenvalue weighted by molar-refractivity contribution is 7.99. The lowest BCUT2D eigenvalue weighted by molar-refractivity contribution is -0.169. The van der Waals surface area contributed by atoms with Crippen LogP contribution in [0.4, 0.5) is 0 Å². The largest absolute Gasteiger partial charge is 0.431 e. The van der Waals surface area contributed by atoms with E-state index in [1.165, 1.54) is 4.90 Å². The van der Waals surface area contributed by atoms with Crippen LogP contribution in [0.15, 0.2) is 24.3 Å². The quantitative estimate of drug-likeness (QED) is 0.433. The number of carbonyl (C=O) groups excluding carboxylic acids is 3. The SMILES string of the molecule is C=C(C)C(=O)N1C(=O)C2CCCC21.C=C(C)C(=O)OC1CSCCO1. The van der Waals surface area contributed by atoms with E-state index >= 15 is 0 Å². The molecule has 6 nitrogen and oxygen atoms in total. The maximum absolute atomic E-state index is 11.5. The minimum Gasteiger partial charge on any atom is -0.431 e. The van der Waals surface area contributed by atoms with E-state index in [-0.39, 0.29) is 36.0 Å². The number of likely N-dealkylation sites (tertiary alicyclic amines) is 1. The summed E-state index contributed by atoms with van der Waals surface area (Å²) in [6, 6.07) is 0.191. The summed E-state index contributed by atoms with van der Waals surface area (Å²) in [6.07, 6.45) is 2.63. The molecule has 0 N–H and O–H groups in total. The lowest BCUT2D eigenvalue weighted by atomic mass is 9.90. The summed E-state index contributed by atoms with van der Waals surface area (Å²) in [7, 11) is 0. The van der Waals surface area contributed by atoms with Gasteiger partial charge in [0, 0.05) is 16.9 Å². The number of rotatable bonds is 3. The molecule has 0 aromatic heterocycles. The Bertz CT molecular complexity index is 582. The molecule has 2 amide bonds. The summed E-state index contributed by atoms with van der Waals surface area (Å²) in [5.74, 6) is 1.29. The van der Waals surface area contributed by atoms with Crippen molar-refractivity contribution in [3.8, 4) is 0 Å². The lowest BCUT2D eigenvalue weighted by Crippen LogP contribution is -2.60. The van der Waals surface area contributed by atoms with Crippen molar-refractivity contribution in [2.45, 2.75) is 45.4 Å². The van der Waals surface area contributed by atoms with E-state index < -0.39 is 0 Å². The maximum Gasteiger partial charge on any atom is 0.335 e. The first kappa shape index (κ1) is 19.7. The number of imide groups is 1. The van der Waals surface area contributed by atoms with Crippen molar-refractivity contribution in [2.24, 2.45) is 5.92 Å². The third-order valence-electron chi connectivity index (χ3n) is 4.32. The number of thioether (sulfide) groups is 1. The summed E-state index contributed by atoms with van der Waals surface area (Å²) in [5.41, 5.74) is 0.868. The number of β-lactam (4-membered cyclic amide) rings is 1. The van der Waals surface area contributed by atoms with Crippen LogP contribution in [-0.2, 0) is 23.9 Å². The van der Waals surface area contributed by atoms with Crippen LogP contribution >= 0.6 is 11.8 Å². The maximum atomic E-state index is 11.5. The number of fused-ring (bicyclic) bond motifs is 1. The first-order chi connectivity index (χ1) is 11.8. The molecule has 1 aliphatic carbocycles. The highest BCUT2D eigenvalue weighted by atomic mass is 32.2. The van der Waals surface area contributed by atoms with Crippen LogP contribution in [0.5, 0.6) is 0 Å². The van der Waals surface area contributed by atoms with Crippen molar-refractivity contribution >= 4 is 29.5 Å². The van der Waals surface area contributed by atoms with Gasteiger partial charge in [0.15, 0.2) is 0 Å². The fourth-order valence-corrected chi connectivity index (χ4v) is 3.75. The van der Waals surface area contributed by atoms with Gasteiger partial charge in [-0.25, -0.2) is 4.79 Å². The minimum absolute atomic E-state index is 0.00972. The van der Waals surface area contributed by atoms with Crippen molar-refractivity contribution in [3.05, 3.63) is 24.3 Å². The van der Waals surface area contributed by atoms with E-state index in [9.17, 15) is 14.4 Å². The van der Waals surface area contributed by atoms with Crippen molar-refractivity contribution in [1.29, 1.82) is 0 Å². The predicted molar refractivity (Wildman–Crippen MR) is 95.8 cm³/mol. The number of hydrogen-bond acceptors (Lipinski definition) is 6. The van der Waals surface area contributed by atoms with Crippen LogP contribution in [0.25, 0.3) is 0 Å². The van der Waals surface area contributed by atoms with E-state index in [1.807, 2.05) is 0 Å². The van der Waals surface area contributed by atoms with Gasteiger partial charge in [-0.15, -0.1) is 0 Å². The molecule has 3 atom stereocenters. The van der Waals surface area contributed by atoms with Crippen LogP contribution in [-0.4, -0.2) is 53.1 Å². The molecule has 138 valence electrons. The van der Waals surface area contributed by atoms with Gasteiger partial charge < -0.3 is 9.47 Å². The van der Waals surface area contributed by atoms with Crippen molar-refractivity contribution in [3.63, 3.8) is 0 Å². The molecule has 0 aromatic carbocycles. The first-order valence-electron chi connectivity index (χ1n) is 8.41. The number of ether oxygens (including phenoxy) is 2. The molecular formula is C18H25NO5S. The second kappa shape index (κ2) is 8.67. The van der Waals surface area contributed by atoms with Gasteiger partial charge >= 0.3 is 5.97 Å². The first-order valence-corrected chi connectivity index (χ1v) is 9.57. The molecule has 1 saturated carbocycles. The highest BCUT2D eigenvalue weighted by Crippen LogP contribution is 2.40. The van der Waals surface area contributed by atoms with Crippen LogP contribution in [0.2, 0.25) is 0 Å². The fourth-order valence-electron chi connectivity index (χ4n) is 3.01. The molecule has 2 heterocycles. The average molecular weight is 367 g/mol. The Morgan fingerprint density at radius 3 is 2.52 bits per heavy atom. The lowest BCUT2D eigenvalue weighted by Gasteiger charge is -2.41. The number of nitrogens with zero attached hydrogens (tertiary/aromatic N) is 1. The smallest absolute Gasteiger partial charge is 0.335 e. The number of hydrogen-bond donors (Lipinski definition) is 0. The summed E-state index contributed by atoms with van der Waals surface area (Å²) >= 11 is 1.72. The Morgan fingerprint density at radius 1 is 1.24 bits per heavy atom. The highest BCUT2D eigenvalue weighted by Gasteiger charge is 2.52. The molecule has 0 radical (unpaired) electrons. The van der Waals surface area contributed by atoms with Crippen LogP contribution in [0, 0.1) is 5.92 Å². The summed E-state index contributed by atoms with van der Waals surface area (Å²) < 4.78 is 10.2. The number of amides is 2. The van der Waals surface area contributed by atoms with Crippen molar-refractivity contribution in [1.82, 2.24) is 4.90 Å². The Morgan fingerprint density at radius 2 is 1.96 bits per heavy atom. The zero-order valence-electron chi connectivity index (χ0n) is 14.8. The number of esters is 1. The van der Waals surface area contributed by atoms with Crippen LogP contribution < -0.4 is 0 Å². The summed E-state index contributed by atoms with van der Waals surface area (Å²) in [4.78, 5) is 35.3. The Hall–Kier alpha value is -1.60. The zero-order valence-corrected chi connectivity index (χ0v) is 15.6. The molecule has 2 aliphatic heterocycles. The van der Waals surface area contributed by atoms with E-state index in [0.717, 1.165) is 30.8 Å². The van der Waals surface area contributed by atoms with Gasteiger partial charge in [-0.2, -0.15) is 11.8 Å². The van der Waals surface area contributed by atoms with Gasteiger partial charge in [-0.1, -0.05) is 19.6 Å². The fraction of sp³-hybridized carbons (Fsp3) is 0.611. The van der Waals surface area contributed by atoms with Gasteiger partial charge in [0.05, 0.1) is 24.3 Å². The topological polar surface area (TPSA) is 72.9 Å². The molecule has 7 heteroatoms. The van der Waals surface area contributed by atoms with E-state index in [2.05, 4.69) is 13.2 Å². The van der Waals surface area contributed by atoms with Crippen LogP contribution in [0.1, 0.15) is 33.1 Å². The van der Waals surface area contributed by atoms with E-state index in [1.54, 1.807) is 25.6 Å². The van der Waals surface area contributed by atoms with Gasteiger partial charge in [0.1, 0.15) is 0 Å². The third kappa shape index (κ3) is 4.73. The predicted octanol–water partition coefficient (Wildman–Crippen LogP) is 2.30. The molecule has 25 heavy (non-hydrogen) atoms. The van der Waals surface area contributed by atoms with E-state index in [0.29, 0.717) is 17.8 Å². The Kier molecular flexibility index (Phi) is 6.84. The molecule has 0 aromatic rings. The molecule has 3 fully saturated rings. The zero-order chi connectivity index (χ0) is 18.6. The molecule has 0 spiro atoms. The van der Waals surface area contributed by atoms with Crippen LogP contribution in [0.3, 0.4) is 0 Å². The Labute approximate surface area is 152 Å². The van der Waals surface area contributed by atoms with E-state index in [4.69, 9.17) is 9.47 Å². The van der Waals surface area contributed by atoms with Gasteiger partial charge in [0.25, 0.3) is 5.91 Å². The third-order valence-corrected chi connectivity index (χ3v) is 5.29. The average Bonchev–Trinajstić information content (AvgIpc) is 3.00. The van der Waals surface area contributed by atoms with Crippen molar-refractivity contribution in [2.75, 3.05) is 18.1 Å². The summed E-state index contributed by atoms with van der Waals surface area (Å²) in [6.45, 7) is 11.0. The van der Waals surface area contributed by atoms with Gasteiger partial charge in [-0.05, 0) is 26.7 Å². The second-order valence-corrected chi connectivity index (χ2v) is 7.61. The number of carbonyl (C=O) groups is 3. The second-order valence-electron chi connectivity index (χ2n) is 6.46. The van der Waals surface area contributed by atoms with Gasteiger partial charge in [-0.3, -0.25) is 14.5 Å². The normalized spacial score (nSPS) is 27.4. The molecule has 3 rings (SSSR count). The molecular weight excluding hydrogens is 342 g/mol. The summed E-state index contributed by atoms with van der Waals surface area (Å²) in [5, 5.41) is 0. The van der Waals surface area contributed by atoms with Gasteiger partial charge in [0.2, 0.25) is 12.2 Å².